The van der Waals surface area contributed by atoms with Crippen LogP contribution in [-0.4, -0.2) is 23.1 Å². The van der Waals surface area contributed by atoms with Gasteiger partial charge in [0.2, 0.25) is 0 Å². The van der Waals surface area contributed by atoms with Gasteiger partial charge < -0.3 is 4.74 Å². The van der Waals surface area contributed by atoms with Gasteiger partial charge in [0.15, 0.2) is 11.6 Å². The summed E-state index contributed by atoms with van der Waals surface area (Å²) in [4.78, 5) is 34.4. The molecule has 0 unspecified atom stereocenters. The number of nitrogens with zero attached hydrogens (tertiary/aromatic N) is 1. The molecule has 1 aliphatic carbocycles. The normalized spacial score (nSPS) is 13.3. The van der Waals surface area contributed by atoms with Gasteiger partial charge in [-0.1, -0.05) is 24.3 Å². The maximum absolute atomic E-state index is 12.3. The summed E-state index contributed by atoms with van der Waals surface area (Å²) in [5, 5.41) is 10.6. The summed E-state index contributed by atoms with van der Waals surface area (Å²) < 4.78 is 5.45. The van der Waals surface area contributed by atoms with Crippen molar-refractivity contribution in [2.24, 2.45) is 0 Å². The number of nitro groups is 1. The Bertz CT molecular complexity index is 836. The van der Waals surface area contributed by atoms with Crippen LogP contribution in [0.2, 0.25) is 0 Å². The molecule has 0 amide bonds. The van der Waals surface area contributed by atoms with E-state index >= 15 is 0 Å². The zero-order valence-corrected chi connectivity index (χ0v) is 11.9. The van der Waals surface area contributed by atoms with E-state index < -0.39 is 4.92 Å². The lowest BCUT2D eigenvalue weighted by atomic mass is 9.90. The Kier molecular flexibility index (Phi) is 3.72. The van der Waals surface area contributed by atoms with E-state index in [1.165, 1.54) is 30.3 Å². The predicted octanol–water partition coefficient (Wildman–Crippen LogP) is 2.98. The van der Waals surface area contributed by atoms with Crippen LogP contribution >= 0.6 is 0 Å². The average molecular weight is 309 g/mol. The summed E-state index contributed by atoms with van der Waals surface area (Å²) in [5.41, 5.74) is 0.959. The van der Waals surface area contributed by atoms with Crippen LogP contribution < -0.4 is 4.74 Å². The number of carbonyl (C=O) groups is 2. The Labute approximate surface area is 131 Å². The first-order chi connectivity index (χ1) is 11.1. The number of rotatable bonds is 4. The average Bonchev–Trinajstić information content (AvgIpc) is 2.57. The number of ketones is 2. The molecule has 0 heterocycles. The molecule has 0 aromatic heterocycles. The Morgan fingerprint density at radius 2 is 1.61 bits per heavy atom. The summed E-state index contributed by atoms with van der Waals surface area (Å²) >= 11 is 0. The molecule has 0 fully saturated rings. The second-order valence-electron chi connectivity index (χ2n) is 4.95. The summed E-state index contributed by atoms with van der Waals surface area (Å²) in [6.07, 6.45) is 1.27. The van der Waals surface area contributed by atoms with Crippen molar-refractivity contribution < 1.29 is 19.2 Å². The lowest BCUT2D eigenvalue weighted by Crippen LogP contribution is -2.20. The van der Waals surface area contributed by atoms with Crippen LogP contribution in [-0.2, 0) is 0 Å². The number of benzene rings is 2. The number of nitro benzene ring substituents is 1. The van der Waals surface area contributed by atoms with Gasteiger partial charge in [-0.2, -0.15) is 0 Å². The van der Waals surface area contributed by atoms with Gasteiger partial charge in [0.1, 0.15) is 12.4 Å². The van der Waals surface area contributed by atoms with Crippen LogP contribution in [0, 0.1) is 10.1 Å². The van der Waals surface area contributed by atoms with Crippen molar-refractivity contribution >= 4 is 17.3 Å². The zero-order chi connectivity index (χ0) is 16.4. The molecule has 0 saturated heterocycles. The van der Waals surface area contributed by atoms with E-state index in [-0.39, 0.29) is 29.4 Å². The molecule has 3 rings (SSSR count). The lowest BCUT2D eigenvalue weighted by molar-refractivity contribution is -0.384. The van der Waals surface area contributed by atoms with Crippen LogP contribution in [0.15, 0.2) is 60.2 Å². The van der Waals surface area contributed by atoms with Gasteiger partial charge in [-0.3, -0.25) is 19.7 Å². The van der Waals surface area contributed by atoms with E-state index in [1.807, 2.05) is 0 Å². The van der Waals surface area contributed by atoms with Crippen LogP contribution in [0.25, 0.3) is 0 Å². The minimum absolute atomic E-state index is 0.0468. The van der Waals surface area contributed by atoms with E-state index in [9.17, 15) is 19.7 Å². The number of allylic oxidation sites excluding steroid dienone is 1. The monoisotopic (exact) mass is 309 g/mol. The molecule has 1 aliphatic rings. The number of hydrogen-bond acceptors (Lipinski definition) is 5. The fourth-order valence-electron chi connectivity index (χ4n) is 2.30. The largest absolute Gasteiger partial charge is 0.489 e. The first-order valence-electron chi connectivity index (χ1n) is 6.82. The standard InChI is InChI=1S/C17H11NO5/c19-16-9-11(17(20)15-4-2-1-3-14(15)16)10-23-13-7-5-12(6-8-13)18(21)22/h1-9H,10H2. The van der Waals surface area contributed by atoms with E-state index in [1.54, 1.807) is 24.3 Å². The topological polar surface area (TPSA) is 86.5 Å². The number of Topliss-reactive ketones (excluding diaryl/α,β-unsaturated/α-hetero) is 1. The van der Waals surface area contributed by atoms with Gasteiger partial charge in [-0.25, -0.2) is 0 Å². The van der Waals surface area contributed by atoms with Crippen molar-refractivity contribution in [2.45, 2.75) is 0 Å². The first-order valence-corrected chi connectivity index (χ1v) is 6.82. The van der Waals surface area contributed by atoms with Gasteiger partial charge >= 0.3 is 0 Å². The second kappa shape index (κ2) is 5.84. The number of hydrogen-bond donors (Lipinski definition) is 0. The minimum Gasteiger partial charge on any atom is -0.489 e. The molecule has 0 radical (unpaired) electrons. The van der Waals surface area contributed by atoms with Crippen molar-refractivity contribution in [1.82, 2.24) is 0 Å². The molecule has 2 aromatic carbocycles. The third kappa shape index (κ3) is 2.87. The summed E-state index contributed by atoms with van der Waals surface area (Å²) in [6, 6.07) is 12.1. The summed E-state index contributed by atoms with van der Waals surface area (Å²) in [6.45, 7) is -0.0727. The quantitative estimate of drug-likeness (QED) is 0.640. The molecule has 23 heavy (non-hydrogen) atoms. The van der Waals surface area contributed by atoms with E-state index in [4.69, 9.17) is 4.74 Å². The van der Waals surface area contributed by atoms with Crippen molar-refractivity contribution in [3.05, 3.63) is 81.4 Å². The van der Waals surface area contributed by atoms with Crippen molar-refractivity contribution in [3.8, 4) is 5.75 Å². The molecule has 0 spiro atoms. The highest BCUT2D eigenvalue weighted by Crippen LogP contribution is 2.23. The minimum atomic E-state index is -0.507. The third-order valence-electron chi connectivity index (χ3n) is 3.48. The maximum atomic E-state index is 12.3. The van der Waals surface area contributed by atoms with Crippen molar-refractivity contribution in [3.63, 3.8) is 0 Å². The Morgan fingerprint density at radius 3 is 2.26 bits per heavy atom. The molecular formula is C17H11NO5. The van der Waals surface area contributed by atoms with E-state index in [2.05, 4.69) is 0 Å². The molecule has 6 nitrogen and oxygen atoms in total. The molecule has 0 saturated carbocycles. The molecule has 0 N–H and O–H groups in total. The van der Waals surface area contributed by atoms with Crippen LogP contribution in [0.1, 0.15) is 20.7 Å². The van der Waals surface area contributed by atoms with Crippen molar-refractivity contribution in [2.75, 3.05) is 6.61 Å². The predicted molar refractivity (Wildman–Crippen MR) is 81.8 cm³/mol. The zero-order valence-electron chi connectivity index (χ0n) is 11.9. The Morgan fingerprint density at radius 1 is 0.957 bits per heavy atom. The second-order valence-corrected chi connectivity index (χ2v) is 4.95. The van der Waals surface area contributed by atoms with Gasteiger partial charge in [-0.05, 0) is 18.2 Å². The number of non-ortho nitro benzene ring substituents is 1. The van der Waals surface area contributed by atoms with Gasteiger partial charge in [-0.15, -0.1) is 0 Å². The number of carbonyl (C=O) groups excluding carboxylic acids is 2. The third-order valence-corrected chi connectivity index (χ3v) is 3.48. The van der Waals surface area contributed by atoms with Crippen LogP contribution in [0.4, 0.5) is 5.69 Å². The van der Waals surface area contributed by atoms with Crippen LogP contribution in [0.3, 0.4) is 0 Å². The highest BCUT2D eigenvalue weighted by atomic mass is 16.6. The van der Waals surface area contributed by atoms with Gasteiger partial charge in [0.25, 0.3) is 5.69 Å². The fourth-order valence-corrected chi connectivity index (χ4v) is 2.30. The molecule has 0 aliphatic heterocycles. The molecule has 6 heteroatoms. The highest BCUT2D eigenvalue weighted by Gasteiger charge is 2.25. The van der Waals surface area contributed by atoms with Crippen LogP contribution in [0.5, 0.6) is 5.75 Å². The Balaban J connectivity index is 1.75. The fraction of sp³-hybridized carbons (Fsp3) is 0.0588. The van der Waals surface area contributed by atoms with Crippen molar-refractivity contribution in [1.29, 1.82) is 0 Å². The smallest absolute Gasteiger partial charge is 0.269 e. The Hall–Kier alpha value is -3.28. The maximum Gasteiger partial charge on any atom is 0.269 e. The first kappa shape index (κ1) is 14.6. The number of ether oxygens (including phenoxy) is 1. The lowest BCUT2D eigenvalue weighted by Gasteiger charge is -2.15. The molecule has 114 valence electrons. The molecular weight excluding hydrogens is 298 g/mol. The summed E-state index contributed by atoms with van der Waals surface area (Å²) in [5.74, 6) is -0.0970. The highest BCUT2D eigenvalue weighted by molar-refractivity contribution is 6.24. The van der Waals surface area contributed by atoms with E-state index in [0.717, 1.165) is 0 Å². The molecule has 0 atom stereocenters. The van der Waals surface area contributed by atoms with Gasteiger partial charge in [0, 0.05) is 28.8 Å². The van der Waals surface area contributed by atoms with E-state index in [0.29, 0.717) is 16.9 Å². The molecule has 0 bridgehead atoms. The summed E-state index contributed by atoms with van der Waals surface area (Å²) in [7, 11) is 0. The number of fused-ring (bicyclic) bond motifs is 1. The molecule has 2 aromatic rings. The SMILES string of the molecule is O=C1C=C(COc2ccc([N+](=O)[O-])cc2)C(=O)c2ccccc21. The van der Waals surface area contributed by atoms with Gasteiger partial charge in [0.05, 0.1) is 4.92 Å².